The van der Waals surface area contributed by atoms with E-state index in [-0.39, 0.29) is 0 Å². The summed E-state index contributed by atoms with van der Waals surface area (Å²) in [5.41, 5.74) is 0. The van der Waals surface area contributed by atoms with Gasteiger partial charge in [0.25, 0.3) is 0 Å². The Kier molecular flexibility index (Phi) is 3.45. The van der Waals surface area contributed by atoms with Crippen molar-refractivity contribution in [3.05, 3.63) is 0 Å². The molecule has 0 aromatic rings. The van der Waals surface area contributed by atoms with Gasteiger partial charge in [-0.3, -0.25) is 0 Å². The van der Waals surface area contributed by atoms with Gasteiger partial charge < -0.3 is 25.2 Å². The molecule has 12 heavy (non-hydrogen) atoms. The molecule has 6 heteroatoms. The quantitative estimate of drug-likeness (QED) is 0.407. The van der Waals surface area contributed by atoms with Gasteiger partial charge in [-0.05, 0) is 0 Å². The Morgan fingerprint density at radius 1 is 1.08 bits per heavy atom. The molecule has 0 aromatic heterocycles. The standard InChI is InChI=1S/C6H11BrO5/c7-6-5(11)4(10)3(9)2(1-8)12-6/h2-6,8-11H,1H2/t2?,3-,4?,5?,6+/m0/s1. The molecule has 1 saturated heterocycles. The van der Waals surface area contributed by atoms with Crippen LogP contribution in [-0.4, -0.2) is 56.5 Å². The van der Waals surface area contributed by atoms with Crippen molar-refractivity contribution in [2.75, 3.05) is 6.61 Å². The molecule has 1 heterocycles. The Morgan fingerprint density at radius 2 is 1.67 bits per heavy atom. The monoisotopic (exact) mass is 242 g/mol. The molecule has 0 radical (unpaired) electrons. The molecule has 0 bridgehead atoms. The number of halogens is 1. The lowest BCUT2D eigenvalue weighted by Crippen LogP contribution is -2.56. The number of hydrogen-bond donors (Lipinski definition) is 4. The lowest BCUT2D eigenvalue weighted by Gasteiger charge is -2.37. The minimum absolute atomic E-state index is 0.396. The molecule has 1 aliphatic heterocycles. The van der Waals surface area contributed by atoms with Gasteiger partial charge in [0.15, 0.2) is 0 Å². The Hall–Kier alpha value is 0.280. The van der Waals surface area contributed by atoms with Gasteiger partial charge in [0, 0.05) is 0 Å². The summed E-state index contributed by atoms with van der Waals surface area (Å²) in [6.07, 6.45) is -4.57. The van der Waals surface area contributed by atoms with Gasteiger partial charge in [0.1, 0.15) is 29.4 Å². The second kappa shape index (κ2) is 3.99. The van der Waals surface area contributed by atoms with Crippen LogP contribution in [0.5, 0.6) is 0 Å². The van der Waals surface area contributed by atoms with Crippen LogP contribution in [0.3, 0.4) is 0 Å². The number of alkyl halides is 1. The Balaban J connectivity index is 2.63. The molecule has 72 valence electrons. The molecule has 1 aliphatic rings. The predicted octanol–water partition coefficient (Wildman–Crippen LogP) is -1.82. The van der Waals surface area contributed by atoms with Gasteiger partial charge >= 0.3 is 0 Å². The molecule has 4 N–H and O–H groups in total. The predicted molar refractivity (Wildman–Crippen MR) is 42.7 cm³/mol. The zero-order chi connectivity index (χ0) is 9.30. The van der Waals surface area contributed by atoms with Gasteiger partial charge in [-0.1, -0.05) is 15.9 Å². The number of hydrogen-bond acceptors (Lipinski definition) is 5. The third-order valence-electron chi connectivity index (χ3n) is 1.83. The van der Waals surface area contributed by atoms with E-state index in [1.54, 1.807) is 0 Å². The van der Waals surface area contributed by atoms with Gasteiger partial charge in [-0.25, -0.2) is 0 Å². The van der Waals surface area contributed by atoms with Crippen LogP contribution in [0, 0.1) is 0 Å². The van der Waals surface area contributed by atoms with Crippen LogP contribution >= 0.6 is 15.9 Å². The molecular weight excluding hydrogens is 232 g/mol. The maximum Gasteiger partial charge on any atom is 0.141 e. The summed E-state index contributed by atoms with van der Waals surface area (Å²) in [4.78, 5) is 0. The zero-order valence-corrected chi connectivity index (χ0v) is 7.75. The van der Waals surface area contributed by atoms with E-state index < -0.39 is 36.0 Å². The maximum atomic E-state index is 9.21. The molecule has 3 unspecified atom stereocenters. The van der Waals surface area contributed by atoms with Crippen LogP contribution < -0.4 is 0 Å². The highest BCUT2D eigenvalue weighted by Crippen LogP contribution is 2.24. The minimum Gasteiger partial charge on any atom is -0.394 e. The average molecular weight is 243 g/mol. The van der Waals surface area contributed by atoms with Crippen molar-refractivity contribution in [3.8, 4) is 0 Å². The van der Waals surface area contributed by atoms with Gasteiger partial charge in [-0.15, -0.1) is 0 Å². The minimum atomic E-state index is -1.29. The molecule has 0 amide bonds. The van der Waals surface area contributed by atoms with E-state index in [9.17, 15) is 10.2 Å². The summed E-state index contributed by atoms with van der Waals surface area (Å²) in [5.74, 6) is 0. The summed E-state index contributed by atoms with van der Waals surface area (Å²) in [7, 11) is 0. The van der Waals surface area contributed by atoms with Crippen LogP contribution in [-0.2, 0) is 4.74 Å². The van der Waals surface area contributed by atoms with Crippen LogP contribution in [0.15, 0.2) is 0 Å². The zero-order valence-electron chi connectivity index (χ0n) is 6.17. The topological polar surface area (TPSA) is 90.2 Å². The normalized spacial score (nSPS) is 49.2. The Labute approximate surface area is 77.7 Å². The molecule has 1 rings (SSSR count). The van der Waals surface area contributed by atoms with Crippen LogP contribution in [0.2, 0.25) is 0 Å². The van der Waals surface area contributed by atoms with Crippen molar-refractivity contribution in [2.45, 2.75) is 29.4 Å². The van der Waals surface area contributed by atoms with Crippen LogP contribution in [0.1, 0.15) is 0 Å². The number of rotatable bonds is 1. The first kappa shape index (κ1) is 10.4. The van der Waals surface area contributed by atoms with E-state index in [0.29, 0.717) is 0 Å². The largest absolute Gasteiger partial charge is 0.394 e. The van der Waals surface area contributed by atoms with Crippen LogP contribution in [0.4, 0.5) is 0 Å². The van der Waals surface area contributed by atoms with Crippen LogP contribution in [0.25, 0.3) is 0 Å². The molecule has 1 fully saturated rings. The van der Waals surface area contributed by atoms with E-state index in [1.807, 2.05) is 0 Å². The number of aliphatic hydroxyl groups is 4. The average Bonchev–Trinajstić information content (AvgIpc) is 2.08. The Bertz CT molecular complexity index is 150. The third kappa shape index (κ3) is 1.78. The highest BCUT2D eigenvalue weighted by molar-refractivity contribution is 9.09. The second-order valence-electron chi connectivity index (χ2n) is 2.68. The maximum absolute atomic E-state index is 9.21. The summed E-state index contributed by atoms with van der Waals surface area (Å²) in [6.45, 7) is -0.396. The van der Waals surface area contributed by atoms with E-state index in [2.05, 4.69) is 15.9 Å². The van der Waals surface area contributed by atoms with Crippen molar-refractivity contribution in [1.82, 2.24) is 0 Å². The SMILES string of the molecule is OCC1O[C@@H](Br)C(O)C(O)[C@H]1O. The smallest absolute Gasteiger partial charge is 0.141 e. The second-order valence-corrected chi connectivity index (χ2v) is 3.58. The van der Waals surface area contributed by atoms with Crippen molar-refractivity contribution >= 4 is 15.9 Å². The van der Waals surface area contributed by atoms with E-state index in [1.165, 1.54) is 0 Å². The molecular formula is C6H11BrO5. The van der Waals surface area contributed by atoms with E-state index in [0.717, 1.165) is 0 Å². The lowest BCUT2D eigenvalue weighted by atomic mass is 10.0. The summed E-state index contributed by atoms with van der Waals surface area (Å²) in [6, 6.07) is 0. The first-order valence-corrected chi connectivity index (χ1v) is 4.44. The highest BCUT2D eigenvalue weighted by Gasteiger charge is 2.42. The Morgan fingerprint density at radius 3 is 2.17 bits per heavy atom. The van der Waals surface area contributed by atoms with E-state index >= 15 is 0 Å². The van der Waals surface area contributed by atoms with Gasteiger partial charge in [0.05, 0.1) is 6.61 Å². The fourth-order valence-corrected chi connectivity index (χ4v) is 1.65. The molecule has 0 saturated carbocycles. The van der Waals surface area contributed by atoms with Crippen molar-refractivity contribution in [3.63, 3.8) is 0 Å². The third-order valence-corrected chi connectivity index (χ3v) is 2.59. The van der Waals surface area contributed by atoms with Gasteiger partial charge in [-0.2, -0.15) is 0 Å². The lowest BCUT2D eigenvalue weighted by molar-refractivity contribution is -0.203. The van der Waals surface area contributed by atoms with Crippen molar-refractivity contribution in [2.24, 2.45) is 0 Å². The number of ether oxygens (including phenoxy) is 1. The van der Waals surface area contributed by atoms with E-state index in [4.69, 9.17) is 14.9 Å². The molecule has 0 aromatic carbocycles. The fourth-order valence-electron chi connectivity index (χ4n) is 1.06. The fraction of sp³-hybridized carbons (Fsp3) is 1.00. The summed E-state index contributed by atoms with van der Waals surface area (Å²) < 4.78 is 4.94. The molecule has 5 atom stereocenters. The van der Waals surface area contributed by atoms with Crippen molar-refractivity contribution < 1.29 is 25.2 Å². The van der Waals surface area contributed by atoms with Crippen molar-refractivity contribution in [1.29, 1.82) is 0 Å². The highest BCUT2D eigenvalue weighted by atomic mass is 79.9. The summed E-state index contributed by atoms with van der Waals surface area (Å²) in [5, 5.41) is 35.5. The van der Waals surface area contributed by atoms with Gasteiger partial charge in [0.2, 0.25) is 0 Å². The molecule has 0 spiro atoms. The molecule has 5 nitrogen and oxygen atoms in total. The number of aliphatic hydroxyl groups excluding tert-OH is 4. The first-order chi connectivity index (χ1) is 5.57. The molecule has 0 aliphatic carbocycles. The first-order valence-electron chi connectivity index (χ1n) is 3.52. The summed E-state index contributed by atoms with van der Waals surface area (Å²) >= 11 is 2.95.